The van der Waals surface area contributed by atoms with Crippen LogP contribution in [-0.4, -0.2) is 6.61 Å². The third-order valence-corrected chi connectivity index (χ3v) is 2.63. The van der Waals surface area contributed by atoms with E-state index in [4.69, 9.17) is 21.6 Å². The van der Waals surface area contributed by atoms with Gasteiger partial charge >= 0.3 is 0 Å². The van der Waals surface area contributed by atoms with E-state index in [-0.39, 0.29) is 5.70 Å². The maximum absolute atomic E-state index is 8.87. The van der Waals surface area contributed by atoms with Gasteiger partial charge in [0.2, 0.25) is 0 Å². The molecule has 1 rings (SSSR count). The van der Waals surface area contributed by atoms with Gasteiger partial charge in [-0.15, -0.1) is 0 Å². The zero-order chi connectivity index (χ0) is 14.3. The number of hydrazine groups is 1. The van der Waals surface area contributed by atoms with Crippen molar-refractivity contribution >= 4 is 5.70 Å². The molecule has 0 radical (unpaired) electrons. The van der Waals surface area contributed by atoms with Gasteiger partial charge in [-0.05, 0) is 24.5 Å². The molecule has 0 amide bonds. The zero-order valence-corrected chi connectivity index (χ0v) is 11.3. The van der Waals surface area contributed by atoms with E-state index in [1.54, 1.807) is 12.1 Å². The SMILES string of the molecule is CC(C)CCOc1cccc(/C(N)=C(\C#N)NN)c1. The van der Waals surface area contributed by atoms with Crippen LogP contribution in [0.25, 0.3) is 5.70 Å². The highest BCUT2D eigenvalue weighted by atomic mass is 16.5. The summed E-state index contributed by atoms with van der Waals surface area (Å²) in [6.45, 7) is 4.95. The number of nitriles is 1. The van der Waals surface area contributed by atoms with Crippen molar-refractivity contribution in [2.45, 2.75) is 20.3 Å². The summed E-state index contributed by atoms with van der Waals surface area (Å²) in [6, 6.07) is 9.20. The molecule has 0 fully saturated rings. The van der Waals surface area contributed by atoms with E-state index in [0.29, 0.717) is 23.8 Å². The fourth-order valence-corrected chi connectivity index (χ4v) is 1.48. The fraction of sp³-hybridized carbons (Fsp3) is 0.357. The number of benzene rings is 1. The van der Waals surface area contributed by atoms with E-state index in [2.05, 4.69) is 19.3 Å². The minimum Gasteiger partial charge on any atom is -0.494 e. The van der Waals surface area contributed by atoms with Gasteiger partial charge in [0.05, 0.1) is 12.3 Å². The molecule has 5 N–H and O–H groups in total. The van der Waals surface area contributed by atoms with Crippen LogP contribution in [0, 0.1) is 17.2 Å². The Labute approximate surface area is 113 Å². The van der Waals surface area contributed by atoms with E-state index in [1.807, 2.05) is 18.2 Å². The van der Waals surface area contributed by atoms with Gasteiger partial charge in [-0.2, -0.15) is 5.26 Å². The highest BCUT2D eigenvalue weighted by Gasteiger charge is 2.05. The van der Waals surface area contributed by atoms with E-state index < -0.39 is 0 Å². The first-order valence-electron chi connectivity index (χ1n) is 6.18. The topological polar surface area (TPSA) is 97.1 Å². The lowest BCUT2D eigenvalue weighted by atomic mass is 10.1. The molecule has 0 heterocycles. The summed E-state index contributed by atoms with van der Waals surface area (Å²) >= 11 is 0. The average Bonchev–Trinajstić information content (AvgIpc) is 2.40. The summed E-state index contributed by atoms with van der Waals surface area (Å²) in [6.07, 6.45) is 0.989. The first kappa shape index (κ1) is 14.9. The second kappa shape index (κ2) is 7.29. The van der Waals surface area contributed by atoms with E-state index in [1.165, 1.54) is 0 Å². The van der Waals surface area contributed by atoms with Gasteiger partial charge in [0.1, 0.15) is 11.8 Å². The molecule has 1 aromatic carbocycles. The van der Waals surface area contributed by atoms with Gasteiger partial charge in [-0.25, -0.2) is 5.84 Å². The molecule has 0 aliphatic rings. The first-order valence-corrected chi connectivity index (χ1v) is 6.18. The predicted octanol–water partition coefficient (Wildman–Crippen LogP) is 1.73. The summed E-state index contributed by atoms with van der Waals surface area (Å²) in [7, 11) is 0. The Morgan fingerprint density at radius 1 is 1.47 bits per heavy atom. The lowest BCUT2D eigenvalue weighted by Gasteiger charge is -2.10. The second-order valence-electron chi connectivity index (χ2n) is 4.60. The van der Waals surface area contributed by atoms with Gasteiger partial charge in [0, 0.05) is 5.56 Å². The molecule has 0 saturated heterocycles. The highest BCUT2D eigenvalue weighted by Crippen LogP contribution is 2.19. The van der Waals surface area contributed by atoms with Crippen LogP contribution < -0.4 is 21.7 Å². The molecule has 5 heteroatoms. The van der Waals surface area contributed by atoms with Crippen molar-refractivity contribution < 1.29 is 4.74 Å². The molecule has 102 valence electrons. The van der Waals surface area contributed by atoms with Crippen LogP contribution >= 0.6 is 0 Å². The zero-order valence-electron chi connectivity index (χ0n) is 11.3. The Balaban J connectivity index is 2.83. The Bertz CT molecular complexity index is 488. The number of ether oxygens (including phenoxy) is 1. The Morgan fingerprint density at radius 3 is 2.79 bits per heavy atom. The molecule has 5 nitrogen and oxygen atoms in total. The van der Waals surface area contributed by atoms with Crippen LogP contribution in [0.3, 0.4) is 0 Å². The van der Waals surface area contributed by atoms with E-state index in [0.717, 1.165) is 12.2 Å². The molecule has 19 heavy (non-hydrogen) atoms. The van der Waals surface area contributed by atoms with Gasteiger partial charge in [-0.1, -0.05) is 26.0 Å². The summed E-state index contributed by atoms with van der Waals surface area (Å²) in [5, 5.41) is 8.87. The van der Waals surface area contributed by atoms with Crippen molar-refractivity contribution in [2.75, 3.05) is 6.61 Å². The number of hydrogen-bond acceptors (Lipinski definition) is 5. The summed E-state index contributed by atoms with van der Waals surface area (Å²) in [4.78, 5) is 0. The fourth-order valence-electron chi connectivity index (χ4n) is 1.48. The van der Waals surface area contributed by atoms with Crippen LogP contribution in [0.5, 0.6) is 5.75 Å². The van der Waals surface area contributed by atoms with Crippen molar-refractivity contribution in [2.24, 2.45) is 17.5 Å². The standard InChI is InChI=1S/C14H20N4O/c1-10(2)6-7-19-12-5-3-4-11(8-12)14(16)13(9-15)18-17/h3-5,8,10,18H,6-7,16-17H2,1-2H3/b14-13-. The third kappa shape index (κ3) is 4.53. The van der Waals surface area contributed by atoms with E-state index >= 15 is 0 Å². The summed E-state index contributed by atoms with van der Waals surface area (Å²) in [5.74, 6) is 6.56. The lowest BCUT2D eigenvalue weighted by Crippen LogP contribution is -2.23. The number of rotatable bonds is 6. The number of allylic oxidation sites excluding steroid dienone is 1. The molecule has 0 spiro atoms. The van der Waals surface area contributed by atoms with Gasteiger partial charge in [0.15, 0.2) is 5.70 Å². The molecular weight excluding hydrogens is 240 g/mol. The van der Waals surface area contributed by atoms with Crippen molar-refractivity contribution in [1.29, 1.82) is 5.26 Å². The van der Waals surface area contributed by atoms with Gasteiger partial charge in [-0.3, -0.25) is 0 Å². The number of nitrogens with zero attached hydrogens (tertiary/aromatic N) is 1. The maximum Gasteiger partial charge on any atom is 0.151 e. The van der Waals surface area contributed by atoms with Crippen molar-refractivity contribution in [3.63, 3.8) is 0 Å². The van der Waals surface area contributed by atoms with Crippen LogP contribution in [0.4, 0.5) is 0 Å². The lowest BCUT2D eigenvalue weighted by molar-refractivity contribution is 0.289. The monoisotopic (exact) mass is 260 g/mol. The molecule has 0 aliphatic heterocycles. The number of nitrogens with one attached hydrogen (secondary N) is 1. The van der Waals surface area contributed by atoms with Gasteiger partial charge in [0.25, 0.3) is 0 Å². The number of nitrogens with two attached hydrogens (primary N) is 2. The van der Waals surface area contributed by atoms with Crippen molar-refractivity contribution in [3.05, 3.63) is 35.5 Å². The predicted molar refractivity (Wildman–Crippen MR) is 75.4 cm³/mol. The first-order chi connectivity index (χ1) is 9.08. The van der Waals surface area contributed by atoms with Crippen LogP contribution in [0.2, 0.25) is 0 Å². The summed E-state index contributed by atoms with van der Waals surface area (Å²) in [5.41, 5.74) is 9.29. The molecule has 0 unspecified atom stereocenters. The molecule has 0 aliphatic carbocycles. The molecule has 0 bridgehead atoms. The van der Waals surface area contributed by atoms with Gasteiger partial charge < -0.3 is 15.9 Å². The molecule has 0 atom stereocenters. The Kier molecular flexibility index (Phi) is 5.71. The second-order valence-corrected chi connectivity index (χ2v) is 4.60. The highest BCUT2D eigenvalue weighted by molar-refractivity contribution is 5.69. The molecule has 0 aromatic heterocycles. The van der Waals surface area contributed by atoms with Crippen LogP contribution in [-0.2, 0) is 0 Å². The van der Waals surface area contributed by atoms with E-state index in [9.17, 15) is 0 Å². The normalized spacial score (nSPS) is 11.7. The van der Waals surface area contributed by atoms with Crippen LogP contribution in [0.15, 0.2) is 30.0 Å². The average molecular weight is 260 g/mol. The quantitative estimate of drug-likeness (QED) is 0.411. The maximum atomic E-state index is 8.87. The Hall–Kier alpha value is -2.19. The summed E-state index contributed by atoms with van der Waals surface area (Å²) < 4.78 is 5.64. The minimum absolute atomic E-state index is 0.138. The molecule has 1 aromatic rings. The molecule has 0 saturated carbocycles. The van der Waals surface area contributed by atoms with Crippen molar-refractivity contribution in [3.8, 4) is 11.8 Å². The largest absolute Gasteiger partial charge is 0.494 e. The minimum atomic E-state index is 0.138. The smallest absolute Gasteiger partial charge is 0.151 e. The number of hydrogen-bond donors (Lipinski definition) is 3. The van der Waals surface area contributed by atoms with Crippen molar-refractivity contribution in [1.82, 2.24) is 5.43 Å². The third-order valence-electron chi connectivity index (χ3n) is 2.63. The molecular formula is C14H20N4O. The van der Waals surface area contributed by atoms with Crippen LogP contribution in [0.1, 0.15) is 25.8 Å². The Morgan fingerprint density at radius 2 is 2.21 bits per heavy atom.